The first-order chi connectivity index (χ1) is 23.8. The average Bonchev–Trinajstić information content (AvgIpc) is 3.89. The molecule has 0 fully saturated rings. The molecule has 0 amide bonds. The Balaban J connectivity index is 1.17. The van der Waals surface area contributed by atoms with Crippen LogP contribution in [0.25, 0.3) is 23.3 Å². The van der Waals surface area contributed by atoms with Crippen molar-refractivity contribution in [2.45, 2.75) is 38.5 Å². The van der Waals surface area contributed by atoms with Crippen LogP contribution in [0.1, 0.15) is 123 Å². The number of hydrogen-bond donors (Lipinski definition) is 0. The van der Waals surface area contributed by atoms with Crippen molar-refractivity contribution in [1.82, 2.24) is 9.97 Å². The van der Waals surface area contributed by atoms with Gasteiger partial charge in [-0.25, -0.2) is 9.97 Å². The summed E-state index contributed by atoms with van der Waals surface area (Å²) < 4.78 is 0. The summed E-state index contributed by atoms with van der Waals surface area (Å²) in [4.78, 5) is 64.9. The summed E-state index contributed by atoms with van der Waals surface area (Å²) in [7, 11) is 0. The molecule has 0 aliphatic heterocycles. The number of rotatable bonds is 2. The Morgan fingerprint density at radius 2 is 0.820 bits per heavy atom. The van der Waals surface area contributed by atoms with Gasteiger partial charge in [-0.2, -0.15) is 21.0 Å². The lowest BCUT2D eigenvalue weighted by molar-refractivity contribution is 0.0975. The van der Waals surface area contributed by atoms with Crippen LogP contribution in [0.5, 0.6) is 0 Å². The minimum absolute atomic E-state index is 0.0295. The van der Waals surface area contributed by atoms with Gasteiger partial charge in [0, 0.05) is 33.1 Å². The van der Waals surface area contributed by atoms with Crippen LogP contribution in [0.3, 0.4) is 0 Å². The number of nitrogens with zero attached hydrogens (tertiary/aromatic N) is 6. The molecule has 4 aliphatic rings. The van der Waals surface area contributed by atoms with Gasteiger partial charge in [0.05, 0.1) is 54.5 Å². The quantitative estimate of drug-likeness (QED) is 0.166. The van der Waals surface area contributed by atoms with E-state index >= 15 is 0 Å². The van der Waals surface area contributed by atoms with Gasteiger partial charge in [0.25, 0.3) is 0 Å². The predicted molar refractivity (Wildman–Crippen MR) is 182 cm³/mol. The molecule has 12 heteroatoms. The van der Waals surface area contributed by atoms with Gasteiger partial charge >= 0.3 is 0 Å². The SMILES string of the molecule is CC1(C)C2=C(c3sc(C=C4C(=O)c5cc(C#N)c(C#N)cc5C4=O)nc31)C(C)(C)c1nc(C=C3C(=O)c4cc(C#N)c(C#N)cc4C3=O)sc12. The summed E-state index contributed by atoms with van der Waals surface area (Å²) in [6.45, 7) is 8.18. The van der Waals surface area contributed by atoms with E-state index in [1.807, 2.05) is 52.0 Å². The summed E-state index contributed by atoms with van der Waals surface area (Å²) in [6.07, 6.45) is 2.96. The molecule has 0 saturated heterocycles. The first kappa shape index (κ1) is 30.9. The lowest BCUT2D eigenvalue weighted by atomic mass is 9.84. The molecule has 2 aromatic carbocycles. The number of hydrogen-bond acceptors (Lipinski definition) is 12. The number of fused-ring (bicyclic) bond motifs is 6. The third-order valence-electron chi connectivity index (χ3n) is 9.72. The van der Waals surface area contributed by atoms with Crippen LogP contribution in [-0.4, -0.2) is 33.1 Å². The molecule has 0 radical (unpaired) electrons. The maximum absolute atomic E-state index is 13.3. The highest BCUT2D eigenvalue weighted by molar-refractivity contribution is 7.15. The molecule has 4 aromatic rings. The molecule has 236 valence electrons. The second-order valence-electron chi connectivity index (χ2n) is 13.2. The fourth-order valence-electron chi connectivity index (χ4n) is 7.26. The minimum atomic E-state index is -0.593. The number of thiazole rings is 2. The van der Waals surface area contributed by atoms with Crippen molar-refractivity contribution in [3.63, 3.8) is 0 Å². The zero-order valence-electron chi connectivity index (χ0n) is 26.6. The van der Waals surface area contributed by atoms with Gasteiger partial charge in [-0.3, -0.25) is 19.2 Å². The van der Waals surface area contributed by atoms with Crippen molar-refractivity contribution in [1.29, 1.82) is 21.0 Å². The zero-order valence-corrected chi connectivity index (χ0v) is 28.2. The van der Waals surface area contributed by atoms with Crippen molar-refractivity contribution in [3.05, 3.63) is 111 Å². The Kier molecular flexibility index (Phi) is 6.20. The predicted octanol–water partition coefficient (Wildman–Crippen LogP) is 6.50. The van der Waals surface area contributed by atoms with Crippen molar-refractivity contribution in [2.75, 3.05) is 0 Å². The first-order valence-electron chi connectivity index (χ1n) is 15.1. The van der Waals surface area contributed by atoms with Crippen LogP contribution in [0.15, 0.2) is 35.4 Å². The number of benzene rings is 2. The maximum atomic E-state index is 13.3. The number of carbonyl (C=O) groups excluding carboxylic acids is 4. The second kappa shape index (κ2) is 10.0. The van der Waals surface area contributed by atoms with E-state index in [1.165, 1.54) is 59.1 Å². The number of allylic oxidation sites excluding steroid dienone is 4. The standard InChI is InChI=1S/C38H18N6O4S2/c1-37(2)27-28(34-35(37)43-25(50-34)9-23-29(45)19-5-15(11-39)16(12-40)6-20(19)30(23)46)38(3,4)36-33(27)49-26(44-36)10-24-31(47)21-7-17(13-41)18(14-42)8-22(21)32(24)48/h5-10H,1-4H3. The fourth-order valence-corrected chi connectivity index (χ4v) is 10.0. The number of Topliss-reactive ketones (excluding diaryl/α,β-unsaturated/α-hetero) is 4. The Bertz CT molecular complexity index is 2430. The fraction of sp³-hybridized carbons (Fsp3) is 0.158. The zero-order chi connectivity index (χ0) is 35.6. The third-order valence-corrected chi connectivity index (χ3v) is 11.8. The topological polar surface area (TPSA) is 189 Å². The molecule has 10 nitrogen and oxygen atoms in total. The molecular formula is C38H18N6O4S2. The Labute approximate surface area is 292 Å². The third kappa shape index (κ3) is 3.83. The van der Waals surface area contributed by atoms with E-state index in [9.17, 15) is 40.2 Å². The molecule has 4 aliphatic carbocycles. The molecule has 2 heterocycles. The van der Waals surface area contributed by atoms with Gasteiger partial charge in [-0.05, 0) is 47.6 Å². The summed E-state index contributed by atoms with van der Waals surface area (Å²) in [5.41, 5.74) is 2.79. The molecule has 2 aromatic heterocycles. The lowest BCUT2D eigenvalue weighted by Gasteiger charge is -2.21. The summed E-state index contributed by atoms with van der Waals surface area (Å²) >= 11 is 2.73. The van der Waals surface area contributed by atoms with E-state index < -0.39 is 34.0 Å². The van der Waals surface area contributed by atoms with Gasteiger partial charge in [0.2, 0.25) is 0 Å². The first-order valence-corrected chi connectivity index (χ1v) is 16.8. The summed E-state index contributed by atoms with van der Waals surface area (Å²) in [5.74, 6) is -2.08. The molecule has 0 atom stereocenters. The number of nitriles is 4. The Morgan fingerprint density at radius 1 is 0.540 bits per heavy atom. The van der Waals surface area contributed by atoms with Crippen LogP contribution in [0.2, 0.25) is 0 Å². The second-order valence-corrected chi connectivity index (χ2v) is 15.3. The molecule has 0 bridgehead atoms. The van der Waals surface area contributed by atoms with Gasteiger partial charge in [0.1, 0.15) is 34.3 Å². The Hall–Kier alpha value is -6.44. The normalized spacial score (nSPS) is 17.0. The van der Waals surface area contributed by atoms with Crippen molar-refractivity contribution >= 4 is 69.1 Å². The number of carbonyl (C=O) groups is 4. The highest BCUT2D eigenvalue weighted by Gasteiger charge is 2.54. The lowest BCUT2D eigenvalue weighted by Crippen LogP contribution is -2.18. The monoisotopic (exact) mass is 686 g/mol. The minimum Gasteiger partial charge on any atom is -0.288 e. The van der Waals surface area contributed by atoms with Crippen LogP contribution in [0, 0.1) is 45.3 Å². The summed E-state index contributed by atoms with van der Waals surface area (Å²) in [6, 6.07) is 12.8. The molecule has 0 spiro atoms. The number of aromatic nitrogens is 2. The van der Waals surface area contributed by atoms with E-state index in [4.69, 9.17) is 9.97 Å². The van der Waals surface area contributed by atoms with Gasteiger partial charge in [-0.1, -0.05) is 27.7 Å². The van der Waals surface area contributed by atoms with E-state index in [0.29, 0.717) is 10.0 Å². The molecule has 0 saturated carbocycles. The largest absolute Gasteiger partial charge is 0.288 e. The molecule has 0 N–H and O–H groups in total. The van der Waals surface area contributed by atoms with Crippen molar-refractivity contribution in [3.8, 4) is 24.3 Å². The molecule has 8 rings (SSSR count). The van der Waals surface area contributed by atoms with Crippen LogP contribution in [-0.2, 0) is 10.8 Å². The Morgan fingerprint density at radius 3 is 1.08 bits per heavy atom. The molecule has 50 heavy (non-hydrogen) atoms. The van der Waals surface area contributed by atoms with Crippen molar-refractivity contribution < 1.29 is 19.2 Å². The van der Waals surface area contributed by atoms with E-state index in [0.717, 1.165) is 32.3 Å². The van der Waals surface area contributed by atoms with E-state index in [-0.39, 0.29) is 55.7 Å². The van der Waals surface area contributed by atoms with Gasteiger partial charge in [0.15, 0.2) is 23.1 Å². The molecule has 0 unspecified atom stereocenters. The van der Waals surface area contributed by atoms with Gasteiger partial charge < -0.3 is 0 Å². The molecular weight excluding hydrogens is 669 g/mol. The number of ketones is 4. The van der Waals surface area contributed by atoms with Gasteiger partial charge in [-0.15, -0.1) is 22.7 Å². The summed E-state index contributed by atoms with van der Waals surface area (Å²) in [5, 5.41) is 38.6. The van der Waals surface area contributed by atoms with Crippen LogP contribution < -0.4 is 0 Å². The van der Waals surface area contributed by atoms with E-state index in [2.05, 4.69) is 0 Å². The van der Waals surface area contributed by atoms with Crippen LogP contribution >= 0.6 is 22.7 Å². The van der Waals surface area contributed by atoms with Crippen molar-refractivity contribution in [2.24, 2.45) is 0 Å². The maximum Gasteiger partial charge on any atom is 0.197 e. The smallest absolute Gasteiger partial charge is 0.197 e. The average molecular weight is 687 g/mol. The highest BCUT2D eigenvalue weighted by atomic mass is 32.1. The van der Waals surface area contributed by atoms with Crippen LogP contribution in [0.4, 0.5) is 0 Å². The van der Waals surface area contributed by atoms with E-state index in [1.54, 1.807) is 0 Å². The highest BCUT2D eigenvalue weighted by Crippen LogP contribution is 2.64.